The summed E-state index contributed by atoms with van der Waals surface area (Å²) in [6, 6.07) is 26.4. The van der Waals surface area contributed by atoms with Crippen LogP contribution in [-0.4, -0.2) is 12.1 Å². The minimum atomic E-state index is -4.55. The Kier molecular flexibility index (Phi) is 15.7. The molecule has 0 spiro atoms. The smallest absolute Gasteiger partial charge is 0.416 e. The van der Waals surface area contributed by atoms with Crippen LogP contribution in [0.2, 0.25) is 0 Å². The highest BCUT2D eigenvalue weighted by molar-refractivity contribution is 5.87. The lowest BCUT2D eigenvalue weighted by atomic mass is 10.1. The second kappa shape index (κ2) is 21.2. The summed E-state index contributed by atoms with van der Waals surface area (Å²) in [5, 5.41) is 0. The summed E-state index contributed by atoms with van der Waals surface area (Å²) in [6.07, 6.45) is -16.2. The zero-order chi connectivity index (χ0) is 49.3. The summed E-state index contributed by atoms with van der Waals surface area (Å²) in [5.74, 6) is -0.196. The molecule has 0 saturated carbocycles. The van der Waals surface area contributed by atoms with Crippen molar-refractivity contribution >= 4 is 12.0 Å². The molecule has 6 aromatic carbocycles. The van der Waals surface area contributed by atoms with E-state index >= 15 is 0 Å². The maximum absolute atomic E-state index is 13.1. The number of esters is 1. The van der Waals surface area contributed by atoms with Crippen LogP contribution < -0.4 is 18.9 Å². The van der Waals surface area contributed by atoms with Gasteiger partial charge in [-0.3, -0.25) is 0 Å². The molecular formula is C50H38F12O6. The first kappa shape index (κ1) is 50.3. The lowest BCUT2D eigenvalue weighted by Crippen LogP contribution is -2.15. The monoisotopic (exact) mass is 962 g/mol. The highest BCUT2D eigenvalue weighted by Gasteiger charge is 2.32. The predicted octanol–water partition coefficient (Wildman–Crippen LogP) is 14.3. The summed E-state index contributed by atoms with van der Waals surface area (Å²) in [4.78, 5) is 13.0. The Labute approximate surface area is 381 Å². The van der Waals surface area contributed by atoms with Gasteiger partial charge >= 0.3 is 30.7 Å². The van der Waals surface area contributed by atoms with Crippen LogP contribution in [0.5, 0.6) is 23.0 Å². The zero-order valence-corrected chi connectivity index (χ0v) is 35.5. The molecule has 0 fully saturated rings. The van der Waals surface area contributed by atoms with E-state index in [0.29, 0.717) is 33.4 Å². The van der Waals surface area contributed by atoms with Gasteiger partial charge in [-0.15, -0.1) is 0 Å². The molecule has 1 unspecified atom stereocenters. The predicted molar refractivity (Wildman–Crippen MR) is 224 cm³/mol. The third-order valence-corrected chi connectivity index (χ3v) is 9.93. The van der Waals surface area contributed by atoms with E-state index in [-0.39, 0.29) is 55.8 Å². The number of halogens is 12. The Morgan fingerprint density at radius 1 is 0.426 bits per heavy atom. The quantitative estimate of drug-likeness (QED) is 0.0516. The molecule has 6 aromatic rings. The molecular weight excluding hydrogens is 925 g/mol. The van der Waals surface area contributed by atoms with Gasteiger partial charge in [-0.2, -0.15) is 52.7 Å². The lowest BCUT2D eigenvalue weighted by Gasteiger charge is -2.17. The first-order valence-corrected chi connectivity index (χ1v) is 20.3. The van der Waals surface area contributed by atoms with Gasteiger partial charge in [-0.1, -0.05) is 60.7 Å². The van der Waals surface area contributed by atoms with Crippen LogP contribution in [0.4, 0.5) is 52.7 Å². The number of carbonyl (C=O) groups excluding carboxylic acids is 1. The summed E-state index contributed by atoms with van der Waals surface area (Å²) in [6.45, 7) is 0.913. The fourth-order valence-corrected chi connectivity index (χ4v) is 6.35. The number of hydrogen-bond acceptors (Lipinski definition) is 6. The number of ether oxygens (including phenoxy) is 5. The lowest BCUT2D eigenvalue weighted by molar-refractivity contribution is -0.142. The SMILES string of the molecule is CC(Cc1ccc(OCc2ccc(C(F)(F)F)cc2)c(OCc2ccc(C(F)(F)F)cc2)c1)OC(=O)C=Cc1ccc(OCc2ccc(C(F)(F)F)cc2)c(OCc2ccc(C(F)(F)F)cc2)c1. The number of hydrogen-bond donors (Lipinski definition) is 0. The van der Waals surface area contributed by atoms with Crippen molar-refractivity contribution in [3.63, 3.8) is 0 Å². The minimum Gasteiger partial charge on any atom is -0.485 e. The number of carbonyl (C=O) groups is 1. The van der Waals surface area contributed by atoms with Crippen molar-refractivity contribution in [1.82, 2.24) is 0 Å². The number of benzene rings is 6. The van der Waals surface area contributed by atoms with Crippen LogP contribution >= 0.6 is 0 Å². The van der Waals surface area contributed by atoms with E-state index in [1.165, 1.54) is 72.8 Å². The van der Waals surface area contributed by atoms with Crippen LogP contribution in [0.3, 0.4) is 0 Å². The van der Waals surface area contributed by atoms with Crippen molar-refractivity contribution in [2.75, 3.05) is 0 Å². The van der Waals surface area contributed by atoms with Crippen LogP contribution in [0.25, 0.3) is 6.08 Å². The standard InChI is InChI=1S/C50H38F12O6/c1-31(24-37-11-22-43(65-28-34-4-15-39(16-5-34)48(54,55)56)45(26-37)67-30-36-8-19-41(20-9-36)50(60,61)62)68-46(63)23-12-32-10-21-42(64-27-33-2-13-38(14-3-33)47(51,52)53)44(25-32)66-29-35-6-17-40(18-7-35)49(57,58)59/h2-23,25-26,31H,24,27-30H2,1H3. The van der Waals surface area contributed by atoms with Gasteiger partial charge in [-0.25, -0.2) is 4.79 Å². The summed E-state index contributed by atoms with van der Waals surface area (Å²) < 4.78 is 186. The van der Waals surface area contributed by atoms with E-state index < -0.39 is 59.0 Å². The first-order valence-electron chi connectivity index (χ1n) is 20.3. The molecule has 0 saturated heterocycles. The van der Waals surface area contributed by atoms with Crippen molar-refractivity contribution in [3.8, 4) is 23.0 Å². The Hall–Kier alpha value is -7.11. The van der Waals surface area contributed by atoms with Crippen molar-refractivity contribution in [2.45, 2.75) is 70.6 Å². The Balaban J connectivity index is 1.13. The fraction of sp³-hybridized carbons (Fsp3) is 0.220. The van der Waals surface area contributed by atoms with Gasteiger partial charge in [0.25, 0.3) is 0 Å². The largest absolute Gasteiger partial charge is 0.485 e. The van der Waals surface area contributed by atoms with E-state index in [2.05, 4.69) is 0 Å². The molecule has 0 aliphatic heterocycles. The molecule has 68 heavy (non-hydrogen) atoms. The van der Waals surface area contributed by atoms with E-state index in [4.69, 9.17) is 23.7 Å². The van der Waals surface area contributed by atoms with Crippen molar-refractivity contribution in [2.24, 2.45) is 0 Å². The molecule has 0 aromatic heterocycles. The first-order chi connectivity index (χ1) is 32.0. The van der Waals surface area contributed by atoms with E-state index in [0.717, 1.165) is 54.6 Å². The highest BCUT2D eigenvalue weighted by Crippen LogP contribution is 2.36. The van der Waals surface area contributed by atoms with E-state index in [9.17, 15) is 57.5 Å². The van der Waals surface area contributed by atoms with Crippen LogP contribution in [0.15, 0.2) is 140 Å². The van der Waals surface area contributed by atoms with Crippen LogP contribution in [0.1, 0.15) is 62.6 Å². The minimum absolute atomic E-state index is 0.101. The maximum Gasteiger partial charge on any atom is 0.416 e. The van der Waals surface area contributed by atoms with Gasteiger partial charge in [0.15, 0.2) is 23.0 Å². The fourth-order valence-electron chi connectivity index (χ4n) is 6.35. The Morgan fingerprint density at radius 2 is 0.735 bits per heavy atom. The maximum atomic E-state index is 13.1. The van der Waals surface area contributed by atoms with Gasteiger partial charge in [0, 0.05) is 12.5 Å². The number of rotatable bonds is 17. The summed E-state index contributed by atoms with van der Waals surface area (Å²) in [5.41, 5.74) is -0.830. The Morgan fingerprint density at radius 3 is 1.09 bits per heavy atom. The normalized spacial score (nSPS) is 12.7. The van der Waals surface area contributed by atoms with E-state index in [1.807, 2.05) is 0 Å². The van der Waals surface area contributed by atoms with Gasteiger partial charge in [0.1, 0.15) is 32.5 Å². The second-order valence-electron chi connectivity index (χ2n) is 15.2. The van der Waals surface area contributed by atoms with Gasteiger partial charge < -0.3 is 23.7 Å². The molecule has 1 atom stereocenters. The molecule has 0 aliphatic rings. The average molecular weight is 963 g/mol. The molecule has 18 heteroatoms. The van der Waals surface area contributed by atoms with Gasteiger partial charge in [0.2, 0.25) is 0 Å². The Bertz CT molecular complexity index is 2640. The third kappa shape index (κ3) is 14.7. The molecule has 6 rings (SSSR count). The average Bonchev–Trinajstić information content (AvgIpc) is 3.28. The highest BCUT2D eigenvalue weighted by atomic mass is 19.4. The summed E-state index contributed by atoms with van der Waals surface area (Å²) >= 11 is 0. The molecule has 6 nitrogen and oxygen atoms in total. The van der Waals surface area contributed by atoms with Gasteiger partial charge in [-0.05, 0) is 119 Å². The molecule has 0 amide bonds. The molecule has 0 N–H and O–H groups in total. The molecule has 0 aliphatic carbocycles. The second-order valence-corrected chi connectivity index (χ2v) is 15.2. The van der Waals surface area contributed by atoms with Crippen molar-refractivity contribution in [3.05, 3.63) is 195 Å². The van der Waals surface area contributed by atoms with E-state index in [1.54, 1.807) is 25.1 Å². The van der Waals surface area contributed by atoms with Crippen molar-refractivity contribution < 1.29 is 81.2 Å². The molecule has 0 radical (unpaired) electrons. The van der Waals surface area contributed by atoms with Crippen LogP contribution in [-0.2, 0) is 67.1 Å². The summed E-state index contributed by atoms with van der Waals surface area (Å²) in [7, 11) is 0. The molecule has 358 valence electrons. The zero-order valence-electron chi connectivity index (χ0n) is 35.5. The van der Waals surface area contributed by atoms with Gasteiger partial charge in [0.05, 0.1) is 22.3 Å². The topological polar surface area (TPSA) is 63.2 Å². The third-order valence-electron chi connectivity index (χ3n) is 9.93. The van der Waals surface area contributed by atoms with Crippen LogP contribution in [0, 0.1) is 0 Å². The number of alkyl halides is 12. The van der Waals surface area contributed by atoms with Crippen molar-refractivity contribution in [1.29, 1.82) is 0 Å². The molecule has 0 heterocycles. The molecule has 0 bridgehead atoms.